The van der Waals surface area contributed by atoms with E-state index in [2.05, 4.69) is 37.5 Å². The van der Waals surface area contributed by atoms with Crippen LogP contribution in [0, 0.1) is 0 Å². The SMILES string of the molecule is Brc1ccc(-c2nc(-c3cccc(-c4csc(C5CC5)n4)c3)no2)o1. The van der Waals surface area contributed by atoms with E-state index in [0.29, 0.717) is 28.1 Å². The fourth-order valence-corrected chi connectivity index (χ4v) is 3.93. The van der Waals surface area contributed by atoms with Gasteiger partial charge >= 0.3 is 0 Å². The van der Waals surface area contributed by atoms with Gasteiger partial charge in [-0.05, 0) is 47.0 Å². The van der Waals surface area contributed by atoms with Crippen molar-refractivity contribution in [2.75, 3.05) is 0 Å². The van der Waals surface area contributed by atoms with Crippen molar-refractivity contribution in [3.63, 3.8) is 0 Å². The van der Waals surface area contributed by atoms with E-state index in [-0.39, 0.29) is 0 Å². The highest BCUT2D eigenvalue weighted by Crippen LogP contribution is 2.42. The van der Waals surface area contributed by atoms with Gasteiger partial charge in [0.05, 0.1) is 10.7 Å². The lowest BCUT2D eigenvalue weighted by molar-refractivity contribution is 0.414. The number of benzene rings is 1. The van der Waals surface area contributed by atoms with Crippen LogP contribution in [-0.2, 0) is 0 Å². The number of nitrogens with zero attached hydrogens (tertiary/aromatic N) is 3. The molecule has 3 heterocycles. The Morgan fingerprint density at radius 3 is 2.76 bits per heavy atom. The van der Waals surface area contributed by atoms with Crippen LogP contribution < -0.4 is 0 Å². The first-order valence-electron chi connectivity index (χ1n) is 7.92. The van der Waals surface area contributed by atoms with Crippen LogP contribution in [0.3, 0.4) is 0 Å². The van der Waals surface area contributed by atoms with Crippen molar-refractivity contribution in [3.05, 3.63) is 51.5 Å². The molecular weight excluding hydrogens is 402 g/mol. The van der Waals surface area contributed by atoms with E-state index in [0.717, 1.165) is 16.8 Å². The molecule has 0 spiro atoms. The summed E-state index contributed by atoms with van der Waals surface area (Å²) in [5.41, 5.74) is 2.96. The molecule has 1 aliphatic rings. The summed E-state index contributed by atoms with van der Waals surface area (Å²) in [4.78, 5) is 9.20. The maximum atomic E-state index is 5.45. The fourth-order valence-electron chi connectivity index (χ4n) is 2.63. The Hall–Kier alpha value is -2.25. The molecule has 1 aromatic carbocycles. The highest BCUT2D eigenvalue weighted by Gasteiger charge is 2.26. The van der Waals surface area contributed by atoms with E-state index in [9.17, 15) is 0 Å². The van der Waals surface area contributed by atoms with Crippen LogP contribution in [0.5, 0.6) is 0 Å². The summed E-state index contributed by atoms with van der Waals surface area (Å²) in [5.74, 6) is 2.10. The zero-order chi connectivity index (χ0) is 16.8. The highest BCUT2D eigenvalue weighted by molar-refractivity contribution is 9.10. The van der Waals surface area contributed by atoms with Gasteiger partial charge in [0.15, 0.2) is 10.4 Å². The Balaban J connectivity index is 1.47. The van der Waals surface area contributed by atoms with E-state index in [4.69, 9.17) is 13.9 Å². The molecule has 124 valence electrons. The van der Waals surface area contributed by atoms with Crippen molar-refractivity contribution < 1.29 is 8.94 Å². The Morgan fingerprint density at radius 1 is 1.08 bits per heavy atom. The summed E-state index contributed by atoms with van der Waals surface area (Å²) in [6, 6.07) is 11.6. The molecule has 0 N–H and O–H groups in total. The maximum absolute atomic E-state index is 5.45. The Bertz CT molecular complexity index is 1050. The molecule has 4 aromatic rings. The summed E-state index contributed by atoms with van der Waals surface area (Å²) < 4.78 is 11.4. The Morgan fingerprint density at radius 2 is 1.96 bits per heavy atom. The summed E-state index contributed by atoms with van der Waals surface area (Å²) in [5, 5.41) is 7.43. The van der Waals surface area contributed by atoms with E-state index >= 15 is 0 Å². The number of aromatic nitrogens is 3. The van der Waals surface area contributed by atoms with Gasteiger partial charge in [0.1, 0.15) is 0 Å². The predicted octanol–water partition coefficient (Wildman–Crippen LogP) is 5.76. The van der Waals surface area contributed by atoms with Gasteiger partial charge in [-0.3, -0.25) is 0 Å². The number of rotatable bonds is 4. The molecule has 1 saturated carbocycles. The van der Waals surface area contributed by atoms with Gasteiger partial charge in [-0.1, -0.05) is 23.4 Å². The minimum atomic E-state index is 0.357. The summed E-state index contributed by atoms with van der Waals surface area (Å²) in [6.45, 7) is 0. The zero-order valence-corrected chi connectivity index (χ0v) is 15.4. The van der Waals surface area contributed by atoms with Gasteiger partial charge in [0.2, 0.25) is 5.82 Å². The Kier molecular flexibility index (Phi) is 3.57. The van der Waals surface area contributed by atoms with Crippen molar-refractivity contribution in [2.45, 2.75) is 18.8 Å². The third kappa shape index (κ3) is 2.94. The Labute approximate surface area is 155 Å². The van der Waals surface area contributed by atoms with E-state index in [1.807, 2.05) is 18.2 Å². The molecule has 0 atom stereocenters. The summed E-state index contributed by atoms with van der Waals surface area (Å²) in [7, 11) is 0. The van der Waals surface area contributed by atoms with Gasteiger partial charge in [0.25, 0.3) is 5.89 Å². The van der Waals surface area contributed by atoms with Gasteiger partial charge in [-0.15, -0.1) is 11.3 Å². The molecular formula is C18H12BrN3O2S. The third-order valence-corrected chi connectivity index (χ3v) is 5.51. The first-order chi connectivity index (χ1) is 12.3. The smallest absolute Gasteiger partial charge is 0.293 e. The molecule has 5 nitrogen and oxygen atoms in total. The number of halogens is 1. The topological polar surface area (TPSA) is 65.0 Å². The molecule has 25 heavy (non-hydrogen) atoms. The van der Waals surface area contributed by atoms with Gasteiger partial charge in [-0.2, -0.15) is 4.98 Å². The lowest BCUT2D eigenvalue weighted by Gasteiger charge is -1.99. The number of thiazole rings is 1. The lowest BCUT2D eigenvalue weighted by atomic mass is 10.1. The third-order valence-electron chi connectivity index (χ3n) is 4.08. The van der Waals surface area contributed by atoms with E-state index < -0.39 is 0 Å². The van der Waals surface area contributed by atoms with Crippen LogP contribution in [0.25, 0.3) is 34.3 Å². The van der Waals surface area contributed by atoms with Gasteiger partial charge in [0, 0.05) is 22.4 Å². The second-order valence-electron chi connectivity index (χ2n) is 5.95. The number of furan rings is 1. The lowest BCUT2D eigenvalue weighted by Crippen LogP contribution is -1.84. The van der Waals surface area contributed by atoms with Crippen LogP contribution in [0.15, 0.2) is 55.4 Å². The van der Waals surface area contributed by atoms with E-state index in [1.54, 1.807) is 23.5 Å². The van der Waals surface area contributed by atoms with Gasteiger partial charge < -0.3 is 8.94 Å². The molecule has 7 heteroatoms. The van der Waals surface area contributed by atoms with Crippen LogP contribution >= 0.6 is 27.3 Å². The van der Waals surface area contributed by atoms with Crippen LogP contribution in [0.4, 0.5) is 0 Å². The molecule has 0 aliphatic heterocycles. The summed E-state index contributed by atoms with van der Waals surface area (Å²) >= 11 is 5.01. The van der Waals surface area contributed by atoms with Crippen molar-refractivity contribution in [1.29, 1.82) is 0 Å². The summed E-state index contributed by atoms with van der Waals surface area (Å²) in [6.07, 6.45) is 2.53. The van der Waals surface area contributed by atoms with Crippen molar-refractivity contribution in [3.8, 4) is 34.3 Å². The van der Waals surface area contributed by atoms with Crippen LogP contribution in [0.1, 0.15) is 23.8 Å². The maximum Gasteiger partial charge on any atom is 0.293 e. The molecule has 3 aromatic heterocycles. The molecule has 0 amide bonds. The number of hydrogen-bond donors (Lipinski definition) is 0. The second-order valence-corrected chi connectivity index (χ2v) is 7.62. The first-order valence-corrected chi connectivity index (χ1v) is 9.59. The van der Waals surface area contributed by atoms with Crippen molar-refractivity contribution >= 4 is 27.3 Å². The highest BCUT2D eigenvalue weighted by atomic mass is 79.9. The average Bonchev–Trinajstić information content (AvgIpc) is 3.06. The average molecular weight is 414 g/mol. The van der Waals surface area contributed by atoms with Crippen molar-refractivity contribution in [2.24, 2.45) is 0 Å². The molecule has 1 aliphatic carbocycles. The molecule has 0 saturated heterocycles. The van der Waals surface area contributed by atoms with Gasteiger partial charge in [-0.25, -0.2) is 4.98 Å². The fraction of sp³-hybridized carbons (Fsp3) is 0.167. The van der Waals surface area contributed by atoms with Crippen LogP contribution in [0.2, 0.25) is 0 Å². The van der Waals surface area contributed by atoms with Crippen LogP contribution in [-0.4, -0.2) is 15.1 Å². The second kappa shape index (κ2) is 5.93. The molecule has 0 radical (unpaired) electrons. The first kappa shape index (κ1) is 15.0. The molecule has 5 rings (SSSR count). The molecule has 0 bridgehead atoms. The largest absolute Gasteiger partial charge is 0.444 e. The zero-order valence-electron chi connectivity index (χ0n) is 13.0. The van der Waals surface area contributed by atoms with E-state index in [1.165, 1.54) is 17.8 Å². The monoisotopic (exact) mass is 413 g/mol. The molecule has 0 unspecified atom stereocenters. The predicted molar refractivity (Wildman–Crippen MR) is 98.2 cm³/mol. The molecule has 1 fully saturated rings. The minimum Gasteiger partial charge on any atom is -0.444 e. The quantitative estimate of drug-likeness (QED) is 0.425. The normalized spacial score (nSPS) is 14.1. The van der Waals surface area contributed by atoms with Crippen molar-refractivity contribution in [1.82, 2.24) is 15.1 Å². The standard InChI is InChI=1S/C18H12BrN3O2S/c19-15-7-6-14(23-15)17-21-16(22-24-17)12-3-1-2-11(8-12)13-9-25-18(20-13)10-4-5-10/h1-3,6-10H,4-5H2. The number of hydrogen-bond acceptors (Lipinski definition) is 6. The minimum absolute atomic E-state index is 0.357.